The number of aromatic nitrogens is 4. The maximum Gasteiger partial charge on any atom is 0.573 e. The number of imidazole rings is 2. The van der Waals surface area contributed by atoms with Gasteiger partial charge in [-0.05, 0) is 60.9 Å². The van der Waals surface area contributed by atoms with Crippen LogP contribution in [0.4, 0.5) is 13.2 Å². The Morgan fingerprint density at radius 2 is 1.86 bits per heavy atom. The van der Waals surface area contributed by atoms with Crippen molar-refractivity contribution in [3.63, 3.8) is 0 Å². The number of ketones is 1. The van der Waals surface area contributed by atoms with Gasteiger partial charge in [0.1, 0.15) is 22.9 Å². The second-order valence-electron chi connectivity index (χ2n) is 8.27. The molecule has 0 amide bonds. The average molecular weight is 513 g/mol. The lowest BCUT2D eigenvalue weighted by Gasteiger charge is -2.08. The summed E-state index contributed by atoms with van der Waals surface area (Å²) in [5.41, 5.74) is 5.01. The van der Waals surface area contributed by atoms with E-state index in [4.69, 9.17) is 11.6 Å². The standard InChI is InChI=1S/C26H20ClF3N4O2/c1-2-19-24(34-12-11-17(27)14-23(34)31-19)22(35)10-4-15-3-9-20-21(13-15)33-25(32-20)16-5-7-18(8-6-16)36-26(28,29)30/h3,5-9,11-14H,2,4,10H2,1H3,(H,32,33). The molecule has 0 fully saturated rings. The quantitative estimate of drug-likeness (QED) is 0.243. The van der Waals surface area contributed by atoms with Crippen LogP contribution in [0.5, 0.6) is 5.75 Å². The first-order valence-electron chi connectivity index (χ1n) is 11.2. The summed E-state index contributed by atoms with van der Waals surface area (Å²) in [4.78, 5) is 25.4. The second-order valence-corrected chi connectivity index (χ2v) is 8.70. The van der Waals surface area contributed by atoms with Crippen LogP contribution in [0.25, 0.3) is 28.1 Å². The van der Waals surface area contributed by atoms with Crippen LogP contribution in [0.15, 0.2) is 60.8 Å². The highest BCUT2D eigenvalue weighted by atomic mass is 35.5. The predicted octanol–water partition coefficient (Wildman–Crippen LogP) is 6.81. The van der Waals surface area contributed by atoms with Gasteiger partial charge in [-0.3, -0.25) is 9.20 Å². The summed E-state index contributed by atoms with van der Waals surface area (Å²) in [6, 6.07) is 14.6. The number of alkyl halides is 3. The fourth-order valence-electron chi connectivity index (χ4n) is 4.15. The molecule has 184 valence electrons. The van der Waals surface area contributed by atoms with Gasteiger partial charge < -0.3 is 9.72 Å². The summed E-state index contributed by atoms with van der Waals surface area (Å²) in [6.45, 7) is 1.96. The minimum Gasteiger partial charge on any atom is -0.406 e. The van der Waals surface area contributed by atoms with Gasteiger partial charge in [-0.1, -0.05) is 24.6 Å². The topological polar surface area (TPSA) is 72.3 Å². The zero-order valence-corrected chi connectivity index (χ0v) is 19.8. The number of Topliss-reactive ketones (excluding diaryl/α,β-unsaturated/α-hetero) is 1. The number of hydrogen-bond acceptors (Lipinski definition) is 4. The largest absolute Gasteiger partial charge is 0.573 e. The number of aryl methyl sites for hydroxylation is 2. The number of rotatable bonds is 7. The van der Waals surface area contributed by atoms with Crippen LogP contribution < -0.4 is 4.74 Å². The lowest BCUT2D eigenvalue weighted by molar-refractivity contribution is -0.274. The smallest absolute Gasteiger partial charge is 0.406 e. The summed E-state index contributed by atoms with van der Waals surface area (Å²) in [5, 5.41) is 0.562. The molecule has 6 nitrogen and oxygen atoms in total. The maximum absolute atomic E-state index is 13.1. The highest BCUT2D eigenvalue weighted by Crippen LogP contribution is 2.27. The van der Waals surface area contributed by atoms with Crippen LogP contribution in [0.2, 0.25) is 5.02 Å². The molecule has 0 aliphatic rings. The van der Waals surface area contributed by atoms with Gasteiger partial charge in [-0.25, -0.2) is 9.97 Å². The van der Waals surface area contributed by atoms with Crippen molar-refractivity contribution in [3.05, 3.63) is 82.8 Å². The van der Waals surface area contributed by atoms with E-state index in [0.717, 1.165) is 16.8 Å². The minimum absolute atomic E-state index is 0.00626. The van der Waals surface area contributed by atoms with Crippen molar-refractivity contribution in [2.75, 3.05) is 0 Å². The molecule has 0 atom stereocenters. The molecule has 3 aromatic heterocycles. The van der Waals surface area contributed by atoms with E-state index in [1.54, 1.807) is 22.7 Å². The van der Waals surface area contributed by atoms with Crippen molar-refractivity contribution in [1.29, 1.82) is 0 Å². The van der Waals surface area contributed by atoms with E-state index < -0.39 is 6.36 Å². The fraction of sp³-hybridized carbons (Fsp3) is 0.192. The Kier molecular flexibility index (Phi) is 6.17. The first-order chi connectivity index (χ1) is 17.2. The Bertz CT molecular complexity index is 1570. The number of nitrogens with one attached hydrogen (secondary N) is 1. The highest BCUT2D eigenvalue weighted by molar-refractivity contribution is 6.30. The molecule has 1 N–H and O–H groups in total. The van der Waals surface area contributed by atoms with Crippen LogP contribution in [0, 0.1) is 0 Å². The average Bonchev–Trinajstić information content (AvgIpc) is 3.42. The number of H-pyrrole nitrogens is 1. The van der Waals surface area contributed by atoms with Crippen LogP contribution in [-0.2, 0) is 12.8 Å². The highest BCUT2D eigenvalue weighted by Gasteiger charge is 2.31. The van der Waals surface area contributed by atoms with E-state index in [1.807, 2.05) is 25.1 Å². The van der Waals surface area contributed by atoms with Crippen LogP contribution in [0.1, 0.15) is 35.1 Å². The number of benzene rings is 2. The van der Waals surface area contributed by atoms with Crippen LogP contribution >= 0.6 is 11.6 Å². The summed E-state index contributed by atoms with van der Waals surface area (Å²) < 4.78 is 42.8. The van der Waals surface area contributed by atoms with Crippen LogP contribution in [0.3, 0.4) is 0 Å². The van der Waals surface area contributed by atoms with Gasteiger partial charge >= 0.3 is 6.36 Å². The molecule has 0 bridgehead atoms. The maximum atomic E-state index is 13.1. The van der Waals surface area contributed by atoms with Crippen molar-refractivity contribution >= 4 is 34.1 Å². The number of carbonyl (C=O) groups is 1. The first-order valence-corrected chi connectivity index (χ1v) is 11.6. The SMILES string of the molecule is CCc1nc2cc(Cl)ccn2c1C(=O)CCc1ccc2nc(-c3ccc(OC(F)(F)F)cc3)[nH]c2c1. The molecule has 0 aliphatic carbocycles. The zero-order chi connectivity index (χ0) is 25.4. The van der Waals surface area contributed by atoms with Gasteiger partial charge in [0, 0.05) is 29.3 Å². The fourth-order valence-corrected chi connectivity index (χ4v) is 4.30. The third kappa shape index (κ3) is 4.92. The molecule has 0 aliphatic heterocycles. The normalized spacial score (nSPS) is 11.9. The van der Waals surface area contributed by atoms with Crippen molar-refractivity contribution < 1.29 is 22.7 Å². The van der Waals surface area contributed by atoms with Gasteiger partial charge in [0.25, 0.3) is 0 Å². The van der Waals surface area contributed by atoms with E-state index in [0.29, 0.717) is 52.5 Å². The van der Waals surface area contributed by atoms with E-state index in [9.17, 15) is 18.0 Å². The molecule has 5 aromatic rings. The van der Waals surface area contributed by atoms with Crippen molar-refractivity contribution in [3.8, 4) is 17.1 Å². The number of aromatic amines is 1. The number of hydrogen-bond donors (Lipinski definition) is 1. The van der Waals surface area contributed by atoms with Gasteiger partial charge in [0.2, 0.25) is 0 Å². The molecule has 0 unspecified atom stereocenters. The Labute approximate surface area is 208 Å². The summed E-state index contributed by atoms with van der Waals surface area (Å²) in [5.74, 6) is 0.219. The third-order valence-electron chi connectivity index (χ3n) is 5.81. The lowest BCUT2D eigenvalue weighted by Crippen LogP contribution is -2.16. The van der Waals surface area contributed by atoms with E-state index in [1.165, 1.54) is 24.3 Å². The molecule has 5 rings (SSSR count). The molecular weight excluding hydrogens is 493 g/mol. The number of halogens is 4. The van der Waals surface area contributed by atoms with Crippen LogP contribution in [-0.4, -0.2) is 31.5 Å². The second kappa shape index (κ2) is 9.31. The van der Waals surface area contributed by atoms with Gasteiger partial charge in [0.15, 0.2) is 5.78 Å². The Morgan fingerprint density at radius 1 is 1.08 bits per heavy atom. The number of nitrogens with zero attached hydrogens (tertiary/aromatic N) is 3. The molecule has 3 heterocycles. The Balaban J connectivity index is 1.33. The van der Waals surface area contributed by atoms with Gasteiger partial charge in [0.05, 0.1) is 16.7 Å². The molecule has 36 heavy (non-hydrogen) atoms. The Hall–Kier alpha value is -3.85. The number of pyridine rings is 1. The lowest BCUT2D eigenvalue weighted by atomic mass is 10.0. The molecule has 0 radical (unpaired) electrons. The molecule has 0 saturated heterocycles. The summed E-state index contributed by atoms with van der Waals surface area (Å²) in [6.07, 6.45) is -1.52. The zero-order valence-electron chi connectivity index (χ0n) is 19.1. The predicted molar refractivity (Wildman–Crippen MR) is 130 cm³/mol. The van der Waals surface area contributed by atoms with Gasteiger partial charge in [-0.2, -0.15) is 0 Å². The molecule has 2 aromatic carbocycles. The first kappa shape index (κ1) is 23.9. The Morgan fingerprint density at radius 3 is 2.58 bits per heavy atom. The monoisotopic (exact) mass is 512 g/mol. The van der Waals surface area contributed by atoms with Gasteiger partial charge in [-0.15, -0.1) is 13.2 Å². The molecule has 0 saturated carbocycles. The minimum atomic E-state index is -4.74. The number of carbonyl (C=O) groups excluding carboxylic acids is 1. The van der Waals surface area contributed by atoms with Crippen molar-refractivity contribution in [2.24, 2.45) is 0 Å². The van der Waals surface area contributed by atoms with Crippen molar-refractivity contribution in [1.82, 2.24) is 19.4 Å². The van der Waals surface area contributed by atoms with Crippen molar-refractivity contribution in [2.45, 2.75) is 32.5 Å². The van der Waals surface area contributed by atoms with E-state index >= 15 is 0 Å². The molecule has 10 heteroatoms. The third-order valence-corrected chi connectivity index (χ3v) is 6.04. The summed E-state index contributed by atoms with van der Waals surface area (Å²) in [7, 11) is 0. The number of ether oxygens (including phenoxy) is 1. The van der Waals surface area contributed by atoms with E-state index in [2.05, 4.69) is 19.7 Å². The molecular formula is C26H20ClF3N4O2. The van der Waals surface area contributed by atoms with E-state index in [-0.39, 0.29) is 11.5 Å². The number of fused-ring (bicyclic) bond motifs is 2. The molecule has 0 spiro atoms. The summed E-state index contributed by atoms with van der Waals surface area (Å²) >= 11 is 6.07.